The number of nitrogens with two attached hydrogens (primary N) is 1. The molecule has 1 aromatic carbocycles. The summed E-state index contributed by atoms with van der Waals surface area (Å²) in [4.78, 5) is 11.7. The summed E-state index contributed by atoms with van der Waals surface area (Å²) in [6.07, 6.45) is 1.68. The van der Waals surface area contributed by atoms with Crippen molar-refractivity contribution in [2.45, 2.75) is 0 Å². The SMILES string of the molecule is Nc1ccc2nc(-c3ccc(Cl)nc3)[nH]c2c1. The predicted molar refractivity (Wildman–Crippen MR) is 68.7 cm³/mol. The minimum absolute atomic E-state index is 0.467. The summed E-state index contributed by atoms with van der Waals surface area (Å²) in [7, 11) is 0. The number of aromatic nitrogens is 3. The van der Waals surface area contributed by atoms with Gasteiger partial charge in [-0.15, -0.1) is 0 Å². The molecule has 0 atom stereocenters. The van der Waals surface area contributed by atoms with E-state index in [1.54, 1.807) is 12.3 Å². The highest BCUT2D eigenvalue weighted by Crippen LogP contribution is 2.21. The van der Waals surface area contributed by atoms with Crippen molar-refractivity contribution in [3.63, 3.8) is 0 Å². The Hall–Kier alpha value is -2.07. The van der Waals surface area contributed by atoms with Crippen LogP contribution < -0.4 is 5.73 Å². The lowest BCUT2D eigenvalue weighted by Crippen LogP contribution is -1.82. The van der Waals surface area contributed by atoms with Crippen LogP contribution in [-0.4, -0.2) is 15.0 Å². The van der Waals surface area contributed by atoms with Crippen molar-refractivity contribution in [3.05, 3.63) is 41.7 Å². The number of halogens is 1. The van der Waals surface area contributed by atoms with Gasteiger partial charge in [-0.2, -0.15) is 0 Å². The molecule has 4 nitrogen and oxygen atoms in total. The fourth-order valence-corrected chi connectivity index (χ4v) is 1.79. The van der Waals surface area contributed by atoms with E-state index in [9.17, 15) is 0 Å². The Balaban J connectivity index is 2.14. The first-order chi connectivity index (χ1) is 8.22. The number of H-pyrrole nitrogens is 1. The first-order valence-electron chi connectivity index (χ1n) is 5.09. The average Bonchev–Trinajstić information content (AvgIpc) is 2.72. The molecule has 0 fully saturated rings. The molecule has 3 aromatic rings. The van der Waals surface area contributed by atoms with Gasteiger partial charge in [0.2, 0.25) is 0 Å². The molecule has 17 heavy (non-hydrogen) atoms. The van der Waals surface area contributed by atoms with Gasteiger partial charge in [-0.1, -0.05) is 11.6 Å². The summed E-state index contributed by atoms with van der Waals surface area (Å²) in [6.45, 7) is 0. The number of rotatable bonds is 1. The van der Waals surface area contributed by atoms with Gasteiger partial charge >= 0.3 is 0 Å². The molecule has 84 valence electrons. The third-order valence-electron chi connectivity index (χ3n) is 2.51. The van der Waals surface area contributed by atoms with E-state index >= 15 is 0 Å². The Morgan fingerprint density at radius 2 is 2.06 bits per heavy atom. The van der Waals surface area contributed by atoms with Gasteiger partial charge in [-0.3, -0.25) is 0 Å². The number of hydrogen-bond donors (Lipinski definition) is 2. The number of nitrogens with zero attached hydrogens (tertiary/aromatic N) is 2. The molecule has 0 bridgehead atoms. The van der Waals surface area contributed by atoms with Crippen LogP contribution >= 0.6 is 11.6 Å². The van der Waals surface area contributed by atoms with Crippen LogP contribution in [0.5, 0.6) is 0 Å². The summed E-state index contributed by atoms with van der Waals surface area (Å²) in [5.74, 6) is 0.759. The number of aromatic amines is 1. The van der Waals surface area contributed by atoms with E-state index < -0.39 is 0 Å². The smallest absolute Gasteiger partial charge is 0.140 e. The average molecular weight is 245 g/mol. The molecule has 0 saturated carbocycles. The van der Waals surface area contributed by atoms with E-state index in [0.29, 0.717) is 10.8 Å². The number of hydrogen-bond acceptors (Lipinski definition) is 3. The lowest BCUT2D eigenvalue weighted by atomic mass is 10.3. The van der Waals surface area contributed by atoms with Gasteiger partial charge in [0.15, 0.2) is 0 Å². The van der Waals surface area contributed by atoms with Crippen molar-refractivity contribution in [1.29, 1.82) is 0 Å². The van der Waals surface area contributed by atoms with E-state index in [1.165, 1.54) is 0 Å². The second kappa shape index (κ2) is 3.75. The standard InChI is InChI=1S/C12H9ClN4/c13-11-4-1-7(6-15-11)12-16-9-3-2-8(14)5-10(9)17-12/h1-6H,14H2,(H,16,17). The Kier molecular flexibility index (Phi) is 2.23. The van der Waals surface area contributed by atoms with Crippen LogP contribution in [0.15, 0.2) is 36.5 Å². The van der Waals surface area contributed by atoms with Crippen LogP contribution in [0, 0.1) is 0 Å². The molecule has 0 aliphatic heterocycles. The minimum atomic E-state index is 0.467. The van der Waals surface area contributed by atoms with Gasteiger partial charge in [0.05, 0.1) is 11.0 Å². The quantitative estimate of drug-likeness (QED) is 0.511. The maximum atomic E-state index is 5.74. The van der Waals surface area contributed by atoms with E-state index in [-0.39, 0.29) is 0 Å². The molecule has 0 aliphatic carbocycles. The molecule has 0 saturated heterocycles. The second-order valence-electron chi connectivity index (χ2n) is 3.73. The third kappa shape index (κ3) is 1.83. The van der Waals surface area contributed by atoms with Gasteiger partial charge in [0, 0.05) is 17.4 Å². The van der Waals surface area contributed by atoms with Crippen molar-refractivity contribution in [1.82, 2.24) is 15.0 Å². The Morgan fingerprint density at radius 1 is 1.18 bits per heavy atom. The van der Waals surface area contributed by atoms with Crippen molar-refractivity contribution in [2.24, 2.45) is 0 Å². The monoisotopic (exact) mass is 244 g/mol. The van der Waals surface area contributed by atoms with Crippen molar-refractivity contribution in [2.75, 3.05) is 5.73 Å². The molecule has 2 aromatic heterocycles. The highest BCUT2D eigenvalue weighted by atomic mass is 35.5. The Morgan fingerprint density at radius 3 is 2.82 bits per heavy atom. The van der Waals surface area contributed by atoms with Gasteiger partial charge in [0.25, 0.3) is 0 Å². The number of anilines is 1. The first kappa shape index (κ1) is 10.1. The second-order valence-corrected chi connectivity index (χ2v) is 4.12. The van der Waals surface area contributed by atoms with Gasteiger partial charge in [0.1, 0.15) is 11.0 Å². The zero-order chi connectivity index (χ0) is 11.8. The van der Waals surface area contributed by atoms with Crippen molar-refractivity contribution in [3.8, 4) is 11.4 Å². The van der Waals surface area contributed by atoms with E-state index in [4.69, 9.17) is 17.3 Å². The first-order valence-corrected chi connectivity index (χ1v) is 5.47. The highest BCUT2D eigenvalue weighted by molar-refractivity contribution is 6.29. The lowest BCUT2D eigenvalue weighted by Gasteiger charge is -1.94. The van der Waals surface area contributed by atoms with Crippen molar-refractivity contribution < 1.29 is 0 Å². The summed E-state index contributed by atoms with van der Waals surface area (Å²) in [6, 6.07) is 9.17. The van der Waals surface area contributed by atoms with Crippen LogP contribution in [-0.2, 0) is 0 Å². The maximum absolute atomic E-state index is 5.74. The van der Waals surface area contributed by atoms with Gasteiger partial charge in [-0.25, -0.2) is 9.97 Å². The van der Waals surface area contributed by atoms with E-state index in [2.05, 4.69) is 15.0 Å². The summed E-state index contributed by atoms with van der Waals surface area (Å²) in [5.41, 5.74) is 9.11. The zero-order valence-corrected chi connectivity index (χ0v) is 9.57. The van der Waals surface area contributed by atoms with Gasteiger partial charge in [-0.05, 0) is 30.3 Å². The largest absolute Gasteiger partial charge is 0.399 e. The number of pyridine rings is 1. The molecule has 0 unspecified atom stereocenters. The predicted octanol–water partition coefficient (Wildman–Crippen LogP) is 2.86. The van der Waals surface area contributed by atoms with Gasteiger partial charge < -0.3 is 10.7 Å². The number of benzene rings is 1. The van der Waals surface area contributed by atoms with E-state index in [1.807, 2.05) is 24.3 Å². The summed E-state index contributed by atoms with van der Waals surface area (Å²) >= 11 is 5.74. The number of nitrogen functional groups attached to an aromatic ring is 1. The third-order valence-corrected chi connectivity index (χ3v) is 2.73. The molecule has 3 rings (SSSR count). The number of fused-ring (bicyclic) bond motifs is 1. The zero-order valence-electron chi connectivity index (χ0n) is 8.81. The molecule has 0 radical (unpaired) electrons. The minimum Gasteiger partial charge on any atom is -0.399 e. The lowest BCUT2D eigenvalue weighted by molar-refractivity contribution is 1.27. The normalized spacial score (nSPS) is 10.9. The Labute approximate surface area is 102 Å². The number of nitrogens with one attached hydrogen (secondary N) is 1. The van der Waals surface area contributed by atoms with Crippen LogP contribution in [0.2, 0.25) is 5.15 Å². The maximum Gasteiger partial charge on any atom is 0.140 e. The van der Waals surface area contributed by atoms with Crippen molar-refractivity contribution >= 4 is 28.3 Å². The van der Waals surface area contributed by atoms with E-state index in [0.717, 1.165) is 22.4 Å². The fourth-order valence-electron chi connectivity index (χ4n) is 1.68. The fraction of sp³-hybridized carbons (Fsp3) is 0. The Bertz CT molecular complexity index is 673. The molecular weight excluding hydrogens is 236 g/mol. The molecule has 3 N–H and O–H groups in total. The van der Waals surface area contributed by atoms with Crippen LogP contribution in [0.25, 0.3) is 22.4 Å². The number of imidazole rings is 1. The molecule has 0 aliphatic rings. The van der Waals surface area contributed by atoms with Crippen LogP contribution in [0.4, 0.5) is 5.69 Å². The molecular formula is C12H9ClN4. The summed E-state index contributed by atoms with van der Waals surface area (Å²) in [5, 5.41) is 0.467. The topological polar surface area (TPSA) is 67.6 Å². The van der Waals surface area contributed by atoms with Crippen LogP contribution in [0.1, 0.15) is 0 Å². The molecule has 0 spiro atoms. The molecule has 0 amide bonds. The summed E-state index contributed by atoms with van der Waals surface area (Å²) < 4.78 is 0. The molecule has 5 heteroatoms. The molecule has 2 heterocycles. The van der Waals surface area contributed by atoms with Crippen LogP contribution in [0.3, 0.4) is 0 Å². The highest BCUT2D eigenvalue weighted by Gasteiger charge is 2.05.